The second kappa shape index (κ2) is 7.73. The van der Waals surface area contributed by atoms with Gasteiger partial charge in [-0.3, -0.25) is 5.43 Å². The maximum atomic E-state index is 4.61. The van der Waals surface area contributed by atoms with Crippen LogP contribution in [0.2, 0.25) is 0 Å². The minimum Gasteiger partial charge on any atom is -0.252 e. The lowest BCUT2D eigenvalue weighted by Gasteiger charge is -2.02. The Kier molecular flexibility index (Phi) is 5.43. The molecule has 2 aromatic carbocycles. The average molecular weight is 400 g/mol. The summed E-state index contributed by atoms with van der Waals surface area (Å²) in [7, 11) is 0. The lowest BCUT2D eigenvalue weighted by atomic mass is 10.1. The molecule has 0 saturated carbocycles. The summed E-state index contributed by atoms with van der Waals surface area (Å²) in [4.78, 5) is 4.61. The summed E-state index contributed by atoms with van der Waals surface area (Å²) in [6.45, 7) is 4.14. The molecule has 3 nitrogen and oxygen atoms in total. The summed E-state index contributed by atoms with van der Waals surface area (Å²) >= 11 is 5.00. The van der Waals surface area contributed by atoms with Crippen LogP contribution in [0, 0.1) is 0 Å². The fourth-order valence-electron chi connectivity index (χ4n) is 2.26. The Morgan fingerprint density at radius 2 is 1.83 bits per heavy atom. The molecular weight excluding hydrogens is 382 g/mol. The molecule has 1 N–H and O–H groups in total. The van der Waals surface area contributed by atoms with Gasteiger partial charge in [0, 0.05) is 15.4 Å². The average Bonchev–Trinajstić information content (AvgIpc) is 3.09. The second-order valence-corrected chi connectivity index (χ2v) is 7.18. The number of hydrazone groups is 1. The number of nitrogens with one attached hydrogen (secondary N) is 1. The molecular formula is C19H18BrN3S. The fourth-order valence-corrected chi connectivity index (χ4v) is 3.18. The van der Waals surface area contributed by atoms with Crippen LogP contribution in [0.15, 0.2) is 63.5 Å². The van der Waals surface area contributed by atoms with Crippen LogP contribution in [0.25, 0.3) is 11.3 Å². The van der Waals surface area contributed by atoms with Crippen molar-refractivity contribution < 1.29 is 0 Å². The van der Waals surface area contributed by atoms with Gasteiger partial charge in [0.15, 0.2) is 0 Å². The lowest BCUT2D eigenvalue weighted by molar-refractivity contribution is 1.14. The number of nitrogens with zero attached hydrogens (tertiary/aromatic N) is 2. The Morgan fingerprint density at radius 1 is 1.12 bits per heavy atom. The molecule has 0 atom stereocenters. The van der Waals surface area contributed by atoms with Crippen molar-refractivity contribution in [3.05, 3.63) is 69.5 Å². The van der Waals surface area contributed by atoms with E-state index in [1.54, 1.807) is 11.3 Å². The standard InChI is InChI=1S/C19H18BrN3S/c1-3-14-4-6-16(7-5-14)18-12-24-19(21-18)23-22-13(2)15-8-10-17(20)11-9-15/h4-12H,3H2,1-2H3,(H,21,23)/b22-13+. The van der Waals surface area contributed by atoms with Crippen LogP contribution in [0.4, 0.5) is 5.13 Å². The van der Waals surface area contributed by atoms with Crippen molar-refractivity contribution in [3.63, 3.8) is 0 Å². The van der Waals surface area contributed by atoms with Gasteiger partial charge in [0.2, 0.25) is 5.13 Å². The number of aromatic nitrogens is 1. The molecule has 0 aliphatic heterocycles. The Bertz CT molecular complexity index is 836. The fraction of sp³-hybridized carbons (Fsp3) is 0.158. The third-order valence-electron chi connectivity index (χ3n) is 3.74. The predicted molar refractivity (Wildman–Crippen MR) is 107 cm³/mol. The summed E-state index contributed by atoms with van der Waals surface area (Å²) < 4.78 is 1.06. The van der Waals surface area contributed by atoms with Crippen LogP contribution >= 0.6 is 27.3 Å². The van der Waals surface area contributed by atoms with Crippen molar-refractivity contribution in [2.45, 2.75) is 20.3 Å². The summed E-state index contributed by atoms with van der Waals surface area (Å²) in [6, 6.07) is 16.6. The molecule has 0 fully saturated rings. The number of hydrogen-bond donors (Lipinski definition) is 1. The van der Waals surface area contributed by atoms with Crippen molar-refractivity contribution in [1.29, 1.82) is 0 Å². The van der Waals surface area contributed by atoms with Gasteiger partial charge in [-0.1, -0.05) is 59.3 Å². The molecule has 0 unspecified atom stereocenters. The van der Waals surface area contributed by atoms with Crippen LogP contribution in [-0.4, -0.2) is 10.7 Å². The van der Waals surface area contributed by atoms with Crippen molar-refractivity contribution in [1.82, 2.24) is 4.98 Å². The quantitative estimate of drug-likeness (QED) is 0.423. The maximum Gasteiger partial charge on any atom is 0.203 e. The Labute approximate surface area is 154 Å². The van der Waals surface area contributed by atoms with Gasteiger partial charge in [0.1, 0.15) is 0 Å². The number of halogens is 1. The van der Waals surface area contributed by atoms with Crippen molar-refractivity contribution in [3.8, 4) is 11.3 Å². The number of rotatable bonds is 5. The molecule has 0 saturated heterocycles. The predicted octanol–water partition coefficient (Wildman–Crippen LogP) is 5.97. The third-order valence-corrected chi connectivity index (χ3v) is 5.02. The largest absolute Gasteiger partial charge is 0.252 e. The summed E-state index contributed by atoms with van der Waals surface area (Å²) in [5.74, 6) is 0. The van der Waals surface area contributed by atoms with Gasteiger partial charge in [0.25, 0.3) is 0 Å². The highest BCUT2D eigenvalue weighted by atomic mass is 79.9. The zero-order chi connectivity index (χ0) is 16.9. The molecule has 3 aromatic rings. The summed E-state index contributed by atoms with van der Waals surface area (Å²) in [6.07, 6.45) is 1.05. The molecule has 0 bridgehead atoms. The van der Waals surface area contributed by atoms with Crippen LogP contribution in [-0.2, 0) is 6.42 Å². The number of aryl methyl sites for hydroxylation is 1. The van der Waals surface area contributed by atoms with Gasteiger partial charge >= 0.3 is 0 Å². The van der Waals surface area contributed by atoms with Gasteiger partial charge < -0.3 is 0 Å². The van der Waals surface area contributed by atoms with Gasteiger partial charge in [-0.2, -0.15) is 5.10 Å². The first-order valence-corrected chi connectivity index (χ1v) is 9.44. The van der Waals surface area contributed by atoms with E-state index in [0.29, 0.717) is 0 Å². The van der Waals surface area contributed by atoms with Gasteiger partial charge in [0.05, 0.1) is 11.4 Å². The highest BCUT2D eigenvalue weighted by molar-refractivity contribution is 9.10. The topological polar surface area (TPSA) is 37.3 Å². The summed E-state index contributed by atoms with van der Waals surface area (Å²) in [5, 5.41) is 7.27. The van der Waals surface area contributed by atoms with E-state index in [1.165, 1.54) is 5.56 Å². The maximum absolute atomic E-state index is 4.61. The van der Waals surface area contributed by atoms with E-state index >= 15 is 0 Å². The van der Waals surface area contributed by atoms with E-state index in [2.05, 4.69) is 62.6 Å². The molecule has 0 spiro atoms. The Balaban J connectivity index is 1.71. The molecule has 5 heteroatoms. The second-order valence-electron chi connectivity index (χ2n) is 5.40. The molecule has 0 radical (unpaired) electrons. The minimum atomic E-state index is 0.793. The van der Waals surface area contributed by atoms with Crippen LogP contribution in [0.1, 0.15) is 25.0 Å². The Morgan fingerprint density at radius 3 is 2.50 bits per heavy atom. The summed E-state index contributed by atoms with van der Waals surface area (Å²) in [5.41, 5.74) is 8.50. The smallest absolute Gasteiger partial charge is 0.203 e. The van der Waals surface area contributed by atoms with E-state index in [-0.39, 0.29) is 0 Å². The number of benzene rings is 2. The highest BCUT2D eigenvalue weighted by Crippen LogP contribution is 2.25. The van der Waals surface area contributed by atoms with Gasteiger partial charge in [-0.05, 0) is 36.6 Å². The normalized spacial score (nSPS) is 11.5. The SMILES string of the molecule is CCc1ccc(-c2csc(N/N=C(\C)c3ccc(Br)cc3)n2)cc1. The van der Waals surface area contributed by atoms with Crippen LogP contribution < -0.4 is 5.43 Å². The van der Waals surface area contributed by atoms with E-state index < -0.39 is 0 Å². The molecule has 122 valence electrons. The number of hydrogen-bond acceptors (Lipinski definition) is 4. The van der Waals surface area contributed by atoms with E-state index in [1.807, 2.05) is 36.6 Å². The minimum absolute atomic E-state index is 0.793. The van der Waals surface area contributed by atoms with E-state index in [9.17, 15) is 0 Å². The van der Waals surface area contributed by atoms with Crippen LogP contribution in [0.5, 0.6) is 0 Å². The monoisotopic (exact) mass is 399 g/mol. The first kappa shape index (κ1) is 16.9. The van der Waals surface area contributed by atoms with Gasteiger partial charge in [-0.25, -0.2) is 4.98 Å². The van der Waals surface area contributed by atoms with Crippen LogP contribution in [0.3, 0.4) is 0 Å². The zero-order valence-electron chi connectivity index (χ0n) is 13.6. The molecule has 1 heterocycles. The molecule has 0 aliphatic carbocycles. The van der Waals surface area contributed by atoms with Gasteiger partial charge in [-0.15, -0.1) is 11.3 Å². The molecule has 0 amide bonds. The number of anilines is 1. The number of thiazole rings is 1. The molecule has 0 aliphatic rings. The molecule has 3 rings (SSSR count). The molecule has 24 heavy (non-hydrogen) atoms. The molecule has 1 aromatic heterocycles. The lowest BCUT2D eigenvalue weighted by Crippen LogP contribution is -1.99. The zero-order valence-corrected chi connectivity index (χ0v) is 16.0. The third kappa shape index (κ3) is 4.10. The first-order chi connectivity index (χ1) is 11.7. The Hall–Kier alpha value is -1.98. The van der Waals surface area contributed by atoms with E-state index in [4.69, 9.17) is 0 Å². The highest BCUT2D eigenvalue weighted by Gasteiger charge is 2.04. The van der Waals surface area contributed by atoms with E-state index in [0.717, 1.165) is 38.6 Å². The van der Waals surface area contributed by atoms with Crippen molar-refractivity contribution >= 4 is 38.1 Å². The van der Waals surface area contributed by atoms with Crippen molar-refractivity contribution in [2.75, 3.05) is 5.43 Å². The first-order valence-electron chi connectivity index (χ1n) is 7.77. The van der Waals surface area contributed by atoms with Crippen molar-refractivity contribution in [2.24, 2.45) is 5.10 Å².